The van der Waals surface area contributed by atoms with Gasteiger partial charge in [0.1, 0.15) is 11.3 Å². The number of nitrogens with two attached hydrogens (primary N) is 1. The molecule has 34 heavy (non-hydrogen) atoms. The summed E-state index contributed by atoms with van der Waals surface area (Å²) in [6, 6.07) is 13.0. The van der Waals surface area contributed by atoms with E-state index in [0.29, 0.717) is 42.1 Å². The fourth-order valence-electron chi connectivity index (χ4n) is 4.06. The number of sulfonamides is 1. The first-order chi connectivity index (χ1) is 15.9. The second kappa shape index (κ2) is 8.86. The number of nitrogens with zero attached hydrogens (tertiary/aromatic N) is 3. The molecule has 0 bridgehead atoms. The Labute approximate surface area is 198 Å². The van der Waals surface area contributed by atoms with E-state index in [2.05, 4.69) is 9.71 Å². The number of hydrogen-bond donors (Lipinski definition) is 3. The maximum absolute atomic E-state index is 11.6. The SMILES string of the molecule is COCCc1nc2c(N)nc3cc(-c4cccc(NS(C)(=O)=O)c4)ccc3c2n1CC(C)(C)O. The normalized spacial score (nSPS) is 12.5. The number of ether oxygens (including phenoxy) is 1. The lowest BCUT2D eigenvalue weighted by atomic mass is 10.0. The molecule has 0 saturated carbocycles. The van der Waals surface area contributed by atoms with Crippen molar-refractivity contribution < 1.29 is 18.3 Å². The maximum Gasteiger partial charge on any atom is 0.229 e. The van der Waals surface area contributed by atoms with Crippen molar-refractivity contribution in [2.24, 2.45) is 0 Å². The Bertz CT molecular complexity index is 1470. The topological polar surface area (TPSA) is 132 Å². The molecule has 2 aromatic carbocycles. The van der Waals surface area contributed by atoms with Crippen LogP contribution in [0.4, 0.5) is 11.5 Å². The summed E-state index contributed by atoms with van der Waals surface area (Å²) in [7, 11) is -1.75. The van der Waals surface area contributed by atoms with E-state index in [0.717, 1.165) is 34.1 Å². The molecule has 0 saturated heterocycles. The van der Waals surface area contributed by atoms with Gasteiger partial charge in [0.05, 0.1) is 36.0 Å². The van der Waals surface area contributed by atoms with Crippen molar-refractivity contribution in [1.82, 2.24) is 14.5 Å². The van der Waals surface area contributed by atoms with Crippen LogP contribution in [0.5, 0.6) is 0 Å². The van der Waals surface area contributed by atoms with Crippen LogP contribution in [0.15, 0.2) is 42.5 Å². The molecule has 0 atom stereocenters. The number of imidazole rings is 1. The Kier molecular flexibility index (Phi) is 6.24. The lowest BCUT2D eigenvalue weighted by molar-refractivity contribution is 0.0615. The van der Waals surface area contributed by atoms with Gasteiger partial charge in [0.15, 0.2) is 5.82 Å². The number of aliphatic hydroxyl groups is 1. The molecule has 2 heterocycles. The monoisotopic (exact) mass is 483 g/mol. The van der Waals surface area contributed by atoms with Gasteiger partial charge in [0.2, 0.25) is 10.0 Å². The Morgan fingerprint density at radius 3 is 2.56 bits per heavy atom. The van der Waals surface area contributed by atoms with Gasteiger partial charge in [-0.05, 0) is 43.2 Å². The molecule has 4 N–H and O–H groups in total. The Morgan fingerprint density at radius 1 is 1.15 bits per heavy atom. The molecule has 0 aliphatic carbocycles. The summed E-state index contributed by atoms with van der Waals surface area (Å²) in [6.45, 7) is 4.33. The third-order valence-corrected chi connectivity index (χ3v) is 5.96. The third kappa shape index (κ3) is 5.14. The molecule has 2 aromatic heterocycles. The van der Waals surface area contributed by atoms with Crippen LogP contribution in [0, 0.1) is 0 Å². The van der Waals surface area contributed by atoms with Crippen LogP contribution in [0.3, 0.4) is 0 Å². The quantitative estimate of drug-likeness (QED) is 0.351. The van der Waals surface area contributed by atoms with E-state index in [9.17, 15) is 13.5 Å². The van der Waals surface area contributed by atoms with E-state index in [1.54, 1.807) is 39.2 Å². The smallest absolute Gasteiger partial charge is 0.229 e. The number of rotatable bonds is 8. The summed E-state index contributed by atoms with van der Waals surface area (Å²) in [4.78, 5) is 9.33. The number of benzene rings is 2. The van der Waals surface area contributed by atoms with Gasteiger partial charge >= 0.3 is 0 Å². The number of nitrogen functional groups attached to an aromatic ring is 1. The molecule has 0 radical (unpaired) electrons. The zero-order valence-corrected chi connectivity index (χ0v) is 20.5. The van der Waals surface area contributed by atoms with Gasteiger partial charge < -0.3 is 20.1 Å². The molecular formula is C24H29N5O4S. The summed E-state index contributed by atoms with van der Waals surface area (Å²) >= 11 is 0. The number of aromatic nitrogens is 3. The molecule has 9 nitrogen and oxygen atoms in total. The van der Waals surface area contributed by atoms with Gasteiger partial charge in [-0.3, -0.25) is 4.72 Å². The fourth-order valence-corrected chi connectivity index (χ4v) is 4.61. The van der Waals surface area contributed by atoms with Crippen LogP contribution in [-0.2, 0) is 27.7 Å². The molecule has 4 rings (SSSR count). The van der Waals surface area contributed by atoms with Crippen molar-refractivity contribution >= 4 is 43.5 Å². The third-order valence-electron chi connectivity index (χ3n) is 5.36. The fraction of sp³-hybridized carbons (Fsp3) is 0.333. The first kappa shape index (κ1) is 23.9. The van der Waals surface area contributed by atoms with Crippen LogP contribution in [-0.4, -0.2) is 53.6 Å². The molecule has 0 aliphatic rings. The minimum absolute atomic E-state index is 0.306. The molecule has 0 spiro atoms. The van der Waals surface area contributed by atoms with Crippen LogP contribution in [0.1, 0.15) is 19.7 Å². The average molecular weight is 484 g/mol. The highest BCUT2D eigenvalue weighted by Gasteiger charge is 2.22. The lowest BCUT2D eigenvalue weighted by Crippen LogP contribution is -2.27. The highest BCUT2D eigenvalue weighted by molar-refractivity contribution is 7.92. The summed E-state index contributed by atoms with van der Waals surface area (Å²) in [5.74, 6) is 1.07. The summed E-state index contributed by atoms with van der Waals surface area (Å²) in [6.07, 6.45) is 1.69. The van der Waals surface area contributed by atoms with Crippen molar-refractivity contribution in [3.63, 3.8) is 0 Å². The molecule has 0 unspecified atom stereocenters. The largest absolute Gasteiger partial charge is 0.389 e. The lowest BCUT2D eigenvalue weighted by Gasteiger charge is -2.20. The maximum atomic E-state index is 11.6. The van der Waals surface area contributed by atoms with Crippen molar-refractivity contribution in [3.8, 4) is 11.1 Å². The van der Waals surface area contributed by atoms with Gasteiger partial charge in [-0.1, -0.05) is 24.3 Å². The highest BCUT2D eigenvalue weighted by atomic mass is 32.2. The molecule has 10 heteroatoms. The van der Waals surface area contributed by atoms with Gasteiger partial charge in [0.25, 0.3) is 0 Å². The predicted octanol–water partition coefficient (Wildman–Crippen LogP) is 3.17. The first-order valence-corrected chi connectivity index (χ1v) is 12.7. The van der Waals surface area contributed by atoms with Crippen molar-refractivity contribution in [1.29, 1.82) is 0 Å². The second-order valence-corrected chi connectivity index (χ2v) is 10.8. The number of methoxy groups -OCH3 is 1. The van der Waals surface area contributed by atoms with Crippen molar-refractivity contribution in [2.75, 3.05) is 30.4 Å². The number of nitrogens with one attached hydrogen (secondary N) is 1. The van der Waals surface area contributed by atoms with E-state index in [1.165, 1.54) is 0 Å². The number of anilines is 2. The number of fused-ring (bicyclic) bond motifs is 3. The molecule has 0 aliphatic heterocycles. The Morgan fingerprint density at radius 2 is 1.88 bits per heavy atom. The molecule has 0 amide bonds. The van der Waals surface area contributed by atoms with E-state index >= 15 is 0 Å². The Hall–Kier alpha value is -3.21. The van der Waals surface area contributed by atoms with Gasteiger partial charge in [0, 0.05) is 24.6 Å². The molecule has 0 fully saturated rings. The van der Waals surface area contributed by atoms with E-state index in [-0.39, 0.29) is 0 Å². The molecular weight excluding hydrogens is 454 g/mol. The van der Waals surface area contributed by atoms with Crippen LogP contribution in [0.25, 0.3) is 33.1 Å². The zero-order valence-electron chi connectivity index (χ0n) is 19.7. The van der Waals surface area contributed by atoms with Gasteiger partial charge in [-0.2, -0.15) is 0 Å². The minimum atomic E-state index is -3.38. The summed E-state index contributed by atoms with van der Waals surface area (Å²) in [5, 5.41) is 11.4. The van der Waals surface area contributed by atoms with Gasteiger partial charge in [-0.25, -0.2) is 18.4 Å². The van der Waals surface area contributed by atoms with Crippen molar-refractivity contribution in [2.45, 2.75) is 32.4 Å². The zero-order chi connectivity index (χ0) is 24.7. The molecule has 180 valence electrons. The molecule has 4 aromatic rings. The standard InChI is InChI=1S/C24H29N5O4S/c1-24(2,30)14-29-20(10-11-33-3)27-21-22(29)18-9-8-16(13-19(18)26-23(21)25)15-6-5-7-17(12-15)28-34(4,31)32/h5-9,12-13,28,30H,10-11,14H2,1-4H3,(H2,25,26). The van der Waals surface area contributed by atoms with E-state index < -0.39 is 15.6 Å². The van der Waals surface area contributed by atoms with E-state index in [4.69, 9.17) is 15.5 Å². The van der Waals surface area contributed by atoms with Gasteiger partial charge in [-0.15, -0.1) is 0 Å². The van der Waals surface area contributed by atoms with Crippen LogP contribution < -0.4 is 10.5 Å². The summed E-state index contributed by atoms with van der Waals surface area (Å²) in [5.41, 5.74) is 9.62. The predicted molar refractivity (Wildman–Crippen MR) is 135 cm³/mol. The number of hydrogen-bond acceptors (Lipinski definition) is 7. The first-order valence-electron chi connectivity index (χ1n) is 10.8. The Balaban J connectivity index is 1.88. The second-order valence-electron chi connectivity index (χ2n) is 9.05. The summed E-state index contributed by atoms with van der Waals surface area (Å²) < 4.78 is 33.0. The average Bonchev–Trinajstić information content (AvgIpc) is 3.08. The number of pyridine rings is 1. The van der Waals surface area contributed by atoms with E-state index in [1.807, 2.05) is 28.8 Å². The highest BCUT2D eigenvalue weighted by Crippen LogP contribution is 2.33. The van der Waals surface area contributed by atoms with Crippen molar-refractivity contribution in [3.05, 3.63) is 48.3 Å². The minimum Gasteiger partial charge on any atom is -0.389 e. The van der Waals surface area contributed by atoms with Crippen LogP contribution in [0.2, 0.25) is 0 Å². The van der Waals surface area contributed by atoms with Crippen LogP contribution >= 0.6 is 0 Å².